The van der Waals surface area contributed by atoms with Gasteiger partial charge in [0.05, 0.1) is 5.71 Å². The Bertz CT molecular complexity index is 438. The van der Waals surface area contributed by atoms with Crippen molar-refractivity contribution in [2.24, 2.45) is 4.99 Å². The molecule has 0 fully saturated rings. The molecule has 82 valence electrons. The van der Waals surface area contributed by atoms with Gasteiger partial charge in [-0.2, -0.15) is 0 Å². The van der Waals surface area contributed by atoms with Gasteiger partial charge in [-0.05, 0) is 24.0 Å². The zero-order chi connectivity index (χ0) is 12.1. The molecule has 0 amide bonds. The summed E-state index contributed by atoms with van der Waals surface area (Å²) in [6.07, 6.45) is 1.57. The first-order valence-electron chi connectivity index (χ1n) is 4.88. The SMILES string of the molecule is C=CC(=NC(=C)C)c1ccccc1B(O)O. The lowest BCUT2D eigenvalue weighted by Crippen LogP contribution is -2.34. The van der Waals surface area contributed by atoms with Crippen LogP contribution in [-0.4, -0.2) is 22.9 Å². The third-order valence-electron chi connectivity index (χ3n) is 2.02. The molecule has 1 aromatic carbocycles. The normalized spacial score (nSPS) is 11.1. The van der Waals surface area contributed by atoms with E-state index in [1.165, 1.54) is 0 Å². The molecule has 0 aromatic heterocycles. The molecule has 0 radical (unpaired) electrons. The first-order chi connectivity index (χ1) is 7.56. The highest BCUT2D eigenvalue weighted by molar-refractivity contribution is 6.60. The summed E-state index contributed by atoms with van der Waals surface area (Å²) in [6, 6.07) is 6.94. The quantitative estimate of drug-likeness (QED) is 0.578. The highest BCUT2D eigenvalue weighted by Gasteiger charge is 2.17. The Balaban J connectivity index is 3.30. The van der Waals surface area contributed by atoms with Crippen molar-refractivity contribution in [3.8, 4) is 0 Å². The first-order valence-corrected chi connectivity index (χ1v) is 4.88. The van der Waals surface area contributed by atoms with E-state index in [1.807, 2.05) is 0 Å². The molecule has 1 rings (SSSR count). The number of nitrogens with zero attached hydrogens (tertiary/aromatic N) is 1. The second-order valence-electron chi connectivity index (χ2n) is 3.40. The molecular formula is C12H14BNO2. The maximum absolute atomic E-state index is 9.23. The van der Waals surface area contributed by atoms with E-state index in [0.717, 1.165) is 0 Å². The topological polar surface area (TPSA) is 52.8 Å². The van der Waals surface area contributed by atoms with Crippen molar-refractivity contribution in [2.45, 2.75) is 6.92 Å². The van der Waals surface area contributed by atoms with Crippen LogP contribution in [0.3, 0.4) is 0 Å². The third kappa shape index (κ3) is 2.92. The van der Waals surface area contributed by atoms with Crippen molar-refractivity contribution in [3.63, 3.8) is 0 Å². The summed E-state index contributed by atoms with van der Waals surface area (Å²) in [7, 11) is -1.52. The zero-order valence-corrected chi connectivity index (χ0v) is 9.22. The predicted molar refractivity (Wildman–Crippen MR) is 67.8 cm³/mol. The maximum atomic E-state index is 9.23. The van der Waals surface area contributed by atoms with Gasteiger partial charge in [0.25, 0.3) is 0 Å². The van der Waals surface area contributed by atoms with Crippen molar-refractivity contribution in [1.82, 2.24) is 0 Å². The Labute approximate surface area is 95.6 Å². The van der Waals surface area contributed by atoms with E-state index in [9.17, 15) is 10.0 Å². The average molecular weight is 215 g/mol. The number of hydrogen-bond acceptors (Lipinski definition) is 3. The van der Waals surface area contributed by atoms with Gasteiger partial charge in [0.2, 0.25) is 0 Å². The van der Waals surface area contributed by atoms with Gasteiger partial charge in [-0.1, -0.05) is 37.4 Å². The molecule has 2 N–H and O–H groups in total. The van der Waals surface area contributed by atoms with E-state index < -0.39 is 7.12 Å². The second-order valence-corrected chi connectivity index (χ2v) is 3.40. The summed E-state index contributed by atoms with van der Waals surface area (Å²) in [5.41, 5.74) is 2.27. The Hall–Kier alpha value is -1.65. The van der Waals surface area contributed by atoms with E-state index in [1.54, 1.807) is 37.3 Å². The van der Waals surface area contributed by atoms with Crippen LogP contribution >= 0.6 is 0 Å². The van der Waals surface area contributed by atoms with Gasteiger partial charge in [0, 0.05) is 5.70 Å². The van der Waals surface area contributed by atoms with Gasteiger partial charge in [0.1, 0.15) is 0 Å². The fourth-order valence-electron chi connectivity index (χ4n) is 1.38. The van der Waals surface area contributed by atoms with Crippen LogP contribution < -0.4 is 5.46 Å². The van der Waals surface area contributed by atoms with Crippen LogP contribution in [0.15, 0.2) is 54.2 Å². The summed E-state index contributed by atoms with van der Waals surface area (Å²) in [6.45, 7) is 9.10. The minimum Gasteiger partial charge on any atom is -0.423 e. The fraction of sp³-hybridized carbons (Fsp3) is 0.0833. The van der Waals surface area contributed by atoms with Crippen LogP contribution in [0.5, 0.6) is 0 Å². The highest BCUT2D eigenvalue weighted by atomic mass is 16.4. The van der Waals surface area contributed by atoms with E-state index in [2.05, 4.69) is 18.2 Å². The summed E-state index contributed by atoms with van der Waals surface area (Å²) >= 11 is 0. The number of benzene rings is 1. The van der Waals surface area contributed by atoms with Gasteiger partial charge in [0.15, 0.2) is 0 Å². The Morgan fingerprint density at radius 1 is 1.38 bits per heavy atom. The largest absolute Gasteiger partial charge is 0.489 e. The van der Waals surface area contributed by atoms with Crippen molar-refractivity contribution in [2.75, 3.05) is 0 Å². The molecular weight excluding hydrogens is 201 g/mol. The van der Waals surface area contributed by atoms with E-state index in [4.69, 9.17) is 0 Å². The summed E-state index contributed by atoms with van der Waals surface area (Å²) in [5, 5.41) is 18.5. The molecule has 0 heterocycles. The van der Waals surface area contributed by atoms with Crippen molar-refractivity contribution < 1.29 is 10.0 Å². The molecule has 0 aliphatic heterocycles. The molecule has 0 aliphatic carbocycles. The number of aliphatic imine (C=N–C) groups is 1. The van der Waals surface area contributed by atoms with Gasteiger partial charge >= 0.3 is 7.12 Å². The summed E-state index contributed by atoms with van der Waals surface area (Å²) in [5.74, 6) is 0. The van der Waals surface area contributed by atoms with E-state index >= 15 is 0 Å². The van der Waals surface area contributed by atoms with Crippen molar-refractivity contribution in [3.05, 3.63) is 54.8 Å². The van der Waals surface area contributed by atoms with E-state index in [-0.39, 0.29) is 0 Å². The lowest BCUT2D eigenvalue weighted by Gasteiger charge is -2.08. The highest BCUT2D eigenvalue weighted by Crippen LogP contribution is 2.04. The average Bonchev–Trinajstić information content (AvgIpc) is 2.25. The van der Waals surface area contributed by atoms with Crippen molar-refractivity contribution in [1.29, 1.82) is 0 Å². The molecule has 16 heavy (non-hydrogen) atoms. The molecule has 0 bridgehead atoms. The standard InChI is InChI=1S/C12H14BNO2/c1-4-12(14-9(2)3)10-7-5-6-8-11(10)13(15)16/h4-8,15-16H,1-2H2,3H3. The van der Waals surface area contributed by atoms with Crippen molar-refractivity contribution >= 4 is 18.3 Å². The summed E-state index contributed by atoms with van der Waals surface area (Å²) in [4.78, 5) is 4.19. The monoisotopic (exact) mass is 215 g/mol. The van der Waals surface area contributed by atoms with Crippen LogP contribution in [0.25, 0.3) is 0 Å². The molecule has 1 aromatic rings. The molecule has 0 spiro atoms. The Morgan fingerprint density at radius 2 is 2.00 bits per heavy atom. The van der Waals surface area contributed by atoms with Crippen LogP contribution in [-0.2, 0) is 0 Å². The first kappa shape index (κ1) is 12.4. The molecule has 0 unspecified atom stereocenters. The second kappa shape index (κ2) is 5.44. The zero-order valence-electron chi connectivity index (χ0n) is 9.22. The predicted octanol–water partition coefficient (Wildman–Crippen LogP) is 0.875. The minimum absolute atomic E-state index is 0.405. The molecule has 0 aliphatic rings. The molecule has 4 heteroatoms. The number of rotatable bonds is 4. The maximum Gasteiger partial charge on any atom is 0.489 e. The number of allylic oxidation sites excluding steroid dienone is 2. The smallest absolute Gasteiger partial charge is 0.423 e. The van der Waals surface area contributed by atoms with Crippen LogP contribution in [0.4, 0.5) is 0 Å². The fourth-order valence-corrected chi connectivity index (χ4v) is 1.38. The van der Waals surface area contributed by atoms with Crippen LogP contribution in [0.1, 0.15) is 12.5 Å². The lowest BCUT2D eigenvalue weighted by molar-refractivity contribution is 0.425. The van der Waals surface area contributed by atoms with Gasteiger partial charge in [-0.25, -0.2) is 0 Å². The van der Waals surface area contributed by atoms with Gasteiger partial charge in [-0.3, -0.25) is 4.99 Å². The third-order valence-corrected chi connectivity index (χ3v) is 2.02. The van der Waals surface area contributed by atoms with Gasteiger partial charge < -0.3 is 10.0 Å². The lowest BCUT2D eigenvalue weighted by atomic mass is 9.76. The molecule has 0 atom stereocenters. The minimum atomic E-state index is -1.52. The molecule has 3 nitrogen and oxygen atoms in total. The Kier molecular flexibility index (Phi) is 4.23. The molecule has 0 saturated heterocycles. The number of hydrogen-bond donors (Lipinski definition) is 2. The van der Waals surface area contributed by atoms with Gasteiger partial charge in [-0.15, -0.1) is 0 Å². The summed E-state index contributed by atoms with van der Waals surface area (Å²) < 4.78 is 0. The van der Waals surface area contributed by atoms with Crippen LogP contribution in [0.2, 0.25) is 0 Å². The molecule has 0 saturated carbocycles. The Morgan fingerprint density at radius 3 is 2.50 bits per heavy atom. The van der Waals surface area contributed by atoms with E-state index in [0.29, 0.717) is 22.4 Å². The van der Waals surface area contributed by atoms with Crippen LogP contribution in [0, 0.1) is 0 Å².